The molecular weight excluding hydrogens is 218 g/mol. The topological polar surface area (TPSA) is 74.2 Å². The third-order valence-corrected chi connectivity index (χ3v) is 2.20. The Morgan fingerprint density at radius 1 is 1.41 bits per heavy atom. The van der Waals surface area contributed by atoms with Gasteiger partial charge in [-0.25, -0.2) is 4.79 Å². The van der Waals surface area contributed by atoms with Crippen molar-refractivity contribution in [2.75, 3.05) is 20.2 Å². The zero-order valence-electron chi connectivity index (χ0n) is 9.69. The van der Waals surface area contributed by atoms with Crippen molar-refractivity contribution in [2.24, 2.45) is 0 Å². The summed E-state index contributed by atoms with van der Waals surface area (Å²) >= 11 is 0. The molecule has 1 aromatic rings. The Kier molecular flexibility index (Phi) is 5.38. The summed E-state index contributed by atoms with van der Waals surface area (Å²) < 4.78 is 5.20. The molecule has 90 valence electrons. The Hall–Kier alpha value is -2.22. The van der Waals surface area contributed by atoms with Crippen LogP contribution >= 0.6 is 0 Å². The van der Waals surface area contributed by atoms with Crippen LogP contribution < -0.4 is 15.4 Å². The highest BCUT2D eigenvalue weighted by Gasteiger charge is 2.02. The van der Waals surface area contributed by atoms with Gasteiger partial charge in [0, 0.05) is 6.54 Å². The van der Waals surface area contributed by atoms with E-state index >= 15 is 0 Å². The van der Waals surface area contributed by atoms with Crippen molar-refractivity contribution in [1.82, 2.24) is 10.6 Å². The molecule has 0 heterocycles. The Balaban J connectivity index is 2.36. The van der Waals surface area contributed by atoms with Gasteiger partial charge >= 0.3 is 6.03 Å². The fraction of sp³-hybridized carbons (Fsp3) is 0.333. The van der Waals surface area contributed by atoms with E-state index in [0.717, 1.165) is 11.3 Å². The maximum absolute atomic E-state index is 11.1. The number of rotatable bonds is 5. The molecule has 1 aromatic carbocycles. The first kappa shape index (κ1) is 12.8. The van der Waals surface area contributed by atoms with Crippen molar-refractivity contribution in [3.63, 3.8) is 0 Å². The first-order valence-corrected chi connectivity index (χ1v) is 5.28. The van der Waals surface area contributed by atoms with Gasteiger partial charge < -0.3 is 15.4 Å². The van der Waals surface area contributed by atoms with E-state index in [1.165, 1.54) is 0 Å². The molecule has 0 aliphatic carbocycles. The van der Waals surface area contributed by atoms with Crippen LogP contribution in [0.5, 0.6) is 5.75 Å². The van der Waals surface area contributed by atoms with Gasteiger partial charge in [-0.2, -0.15) is 5.26 Å². The molecule has 0 atom stereocenters. The van der Waals surface area contributed by atoms with E-state index < -0.39 is 0 Å². The van der Waals surface area contributed by atoms with Gasteiger partial charge in [0.05, 0.1) is 13.2 Å². The van der Waals surface area contributed by atoms with E-state index in [4.69, 9.17) is 10.00 Å². The van der Waals surface area contributed by atoms with E-state index in [1.54, 1.807) is 7.11 Å². The van der Waals surface area contributed by atoms with Crippen LogP contribution in [0.4, 0.5) is 4.79 Å². The number of ether oxygens (including phenoxy) is 1. The van der Waals surface area contributed by atoms with Gasteiger partial charge in [0.2, 0.25) is 0 Å². The van der Waals surface area contributed by atoms with E-state index in [0.29, 0.717) is 13.0 Å². The highest BCUT2D eigenvalue weighted by molar-refractivity contribution is 5.74. The first-order valence-electron chi connectivity index (χ1n) is 5.28. The van der Waals surface area contributed by atoms with Gasteiger partial charge in [0.1, 0.15) is 12.3 Å². The standard InChI is InChI=1S/C12H15N3O2/c1-17-11-5-3-2-4-10(11)6-8-14-12(16)15-9-7-13/h2-5H,6,8-9H2,1H3,(H2,14,15,16). The summed E-state index contributed by atoms with van der Waals surface area (Å²) in [5.41, 5.74) is 1.04. The molecule has 0 aliphatic rings. The molecule has 5 heteroatoms. The van der Waals surface area contributed by atoms with Crippen molar-refractivity contribution < 1.29 is 9.53 Å². The Bertz CT molecular complexity index is 412. The van der Waals surface area contributed by atoms with Gasteiger partial charge in [-0.3, -0.25) is 0 Å². The van der Waals surface area contributed by atoms with Crippen molar-refractivity contribution >= 4 is 6.03 Å². The number of nitriles is 1. The minimum Gasteiger partial charge on any atom is -0.496 e. The molecule has 0 spiro atoms. The largest absolute Gasteiger partial charge is 0.496 e. The molecule has 0 saturated heterocycles. The number of nitrogens with zero attached hydrogens (tertiary/aromatic N) is 1. The number of carbonyl (C=O) groups is 1. The molecule has 0 aromatic heterocycles. The van der Waals surface area contributed by atoms with Crippen molar-refractivity contribution in [3.8, 4) is 11.8 Å². The molecule has 0 saturated carbocycles. The quantitative estimate of drug-likeness (QED) is 0.747. The lowest BCUT2D eigenvalue weighted by atomic mass is 10.1. The minimum atomic E-state index is -0.332. The summed E-state index contributed by atoms with van der Waals surface area (Å²) in [5, 5.41) is 13.3. The second-order valence-corrected chi connectivity index (χ2v) is 3.33. The second kappa shape index (κ2) is 7.12. The highest BCUT2D eigenvalue weighted by Crippen LogP contribution is 2.16. The minimum absolute atomic E-state index is 0.0144. The fourth-order valence-electron chi connectivity index (χ4n) is 1.40. The summed E-state index contributed by atoms with van der Waals surface area (Å²) in [7, 11) is 1.62. The van der Waals surface area contributed by atoms with Crippen LogP contribution in [0.3, 0.4) is 0 Å². The summed E-state index contributed by atoms with van der Waals surface area (Å²) in [6.07, 6.45) is 0.685. The average molecular weight is 233 g/mol. The van der Waals surface area contributed by atoms with Crippen LogP contribution in [0.1, 0.15) is 5.56 Å². The van der Waals surface area contributed by atoms with Gasteiger partial charge in [0.25, 0.3) is 0 Å². The summed E-state index contributed by atoms with van der Waals surface area (Å²) in [5.74, 6) is 0.812. The number of nitrogens with one attached hydrogen (secondary N) is 2. The van der Waals surface area contributed by atoms with E-state index in [-0.39, 0.29) is 12.6 Å². The molecule has 2 amide bonds. The molecule has 0 bridgehead atoms. The van der Waals surface area contributed by atoms with Crippen LogP contribution in [0, 0.1) is 11.3 Å². The molecule has 2 N–H and O–H groups in total. The maximum atomic E-state index is 11.1. The smallest absolute Gasteiger partial charge is 0.315 e. The van der Waals surface area contributed by atoms with E-state index in [2.05, 4.69) is 10.6 Å². The number of hydrogen-bond donors (Lipinski definition) is 2. The molecule has 1 rings (SSSR count). The zero-order valence-corrected chi connectivity index (χ0v) is 9.69. The number of benzene rings is 1. The number of methoxy groups -OCH3 is 1. The van der Waals surface area contributed by atoms with E-state index in [9.17, 15) is 4.79 Å². The second-order valence-electron chi connectivity index (χ2n) is 3.33. The third-order valence-electron chi connectivity index (χ3n) is 2.20. The lowest BCUT2D eigenvalue weighted by Gasteiger charge is -2.08. The summed E-state index contributed by atoms with van der Waals surface area (Å²) in [6, 6.07) is 9.16. The lowest BCUT2D eigenvalue weighted by molar-refractivity contribution is 0.242. The number of amides is 2. The molecule has 0 unspecified atom stereocenters. The summed E-state index contributed by atoms with van der Waals surface area (Å²) in [4.78, 5) is 11.1. The monoisotopic (exact) mass is 233 g/mol. The number of para-hydroxylation sites is 1. The Labute approximate surface area is 100 Å². The molecule has 5 nitrogen and oxygen atoms in total. The van der Waals surface area contributed by atoms with Crippen LogP contribution in [0.15, 0.2) is 24.3 Å². The number of urea groups is 1. The Morgan fingerprint density at radius 3 is 2.88 bits per heavy atom. The van der Waals surface area contributed by atoms with Crippen molar-refractivity contribution in [1.29, 1.82) is 5.26 Å². The Morgan fingerprint density at radius 2 is 2.18 bits per heavy atom. The van der Waals surface area contributed by atoms with Gasteiger partial charge in [-0.05, 0) is 18.1 Å². The van der Waals surface area contributed by atoms with Gasteiger partial charge in [0.15, 0.2) is 0 Å². The van der Waals surface area contributed by atoms with E-state index in [1.807, 2.05) is 30.3 Å². The third kappa shape index (κ3) is 4.43. The molecule has 0 aliphatic heterocycles. The van der Waals surface area contributed by atoms with Crippen LogP contribution in [0.2, 0.25) is 0 Å². The van der Waals surface area contributed by atoms with Gasteiger partial charge in [-0.15, -0.1) is 0 Å². The van der Waals surface area contributed by atoms with Crippen LogP contribution in [-0.2, 0) is 6.42 Å². The highest BCUT2D eigenvalue weighted by atomic mass is 16.5. The zero-order chi connectivity index (χ0) is 12.5. The average Bonchev–Trinajstić information content (AvgIpc) is 2.37. The molecule has 17 heavy (non-hydrogen) atoms. The SMILES string of the molecule is COc1ccccc1CCNC(=O)NCC#N. The first-order chi connectivity index (χ1) is 8.27. The fourth-order valence-corrected chi connectivity index (χ4v) is 1.40. The molecular formula is C12H15N3O2. The van der Waals surface area contributed by atoms with Gasteiger partial charge in [-0.1, -0.05) is 18.2 Å². The van der Waals surface area contributed by atoms with Crippen LogP contribution in [-0.4, -0.2) is 26.2 Å². The maximum Gasteiger partial charge on any atom is 0.315 e. The molecule has 0 fully saturated rings. The summed E-state index contributed by atoms with van der Waals surface area (Å²) in [6.45, 7) is 0.512. The number of carbonyl (C=O) groups excluding carboxylic acids is 1. The molecule has 0 radical (unpaired) electrons. The lowest BCUT2D eigenvalue weighted by Crippen LogP contribution is -2.36. The van der Waals surface area contributed by atoms with Crippen molar-refractivity contribution in [3.05, 3.63) is 29.8 Å². The predicted molar refractivity (Wildman–Crippen MR) is 63.7 cm³/mol. The predicted octanol–water partition coefficient (Wildman–Crippen LogP) is 1.06. The number of hydrogen-bond acceptors (Lipinski definition) is 3. The normalized spacial score (nSPS) is 9.18. The van der Waals surface area contributed by atoms with Crippen LogP contribution in [0.25, 0.3) is 0 Å². The van der Waals surface area contributed by atoms with Crippen molar-refractivity contribution in [2.45, 2.75) is 6.42 Å².